The smallest absolute Gasteiger partial charge is 0.355 e. The SMILES string of the molecule is CCCCCCOc1ccc(Nc2nc(C(=O)O)cs2)cc1. The summed E-state index contributed by atoms with van der Waals surface area (Å²) in [5, 5.41) is 14.0. The summed E-state index contributed by atoms with van der Waals surface area (Å²) >= 11 is 1.26. The largest absolute Gasteiger partial charge is 0.494 e. The number of carboxylic acids is 1. The van der Waals surface area contributed by atoms with Crippen LogP contribution in [-0.2, 0) is 0 Å². The fourth-order valence-electron chi connectivity index (χ4n) is 1.91. The Balaban J connectivity index is 1.82. The molecule has 2 aromatic rings. The molecule has 0 saturated heterocycles. The molecule has 2 N–H and O–H groups in total. The lowest BCUT2D eigenvalue weighted by atomic mass is 10.2. The van der Waals surface area contributed by atoms with Crippen LogP contribution in [0.1, 0.15) is 43.1 Å². The number of aromatic nitrogens is 1. The van der Waals surface area contributed by atoms with Crippen LogP contribution >= 0.6 is 11.3 Å². The molecular weight excluding hydrogens is 300 g/mol. The predicted molar refractivity (Wildman–Crippen MR) is 88.4 cm³/mol. The number of ether oxygens (including phenoxy) is 1. The molecule has 22 heavy (non-hydrogen) atoms. The molecule has 0 saturated carbocycles. The molecule has 0 amide bonds. The number of aromatic carboxylic acids is 1. The molecule has 1 aromatic carbocycles. The number of benzene rings is 1. The van der Waals surface area contributed by atoms with E-state index in [1.165, 1.54) is 36.0 Å². The summed E-state index contributed by atoms with van der Waals surface area (Å²) < 4.78 is 5.67. The number of rotatable bonds is 9. The van der Waals surface area contributed by atoms with E-state index in [0.717, 1.165) is 24.5 Å². The van der Waals surface area contributed by atoms with Crippen molar-refractivity contribution in [3.05, 3.63) is 35.3 Å². The minimum Gasteiger partial charge on any atom is -0.494 e. The maximum absolute atomic E-state index is 10.8. The second-order valence-electron chi connectivity index (χ2n) is 4.90. The average molecular weight is 320 g/mol. The Kier molecular flexibility index (Phi) is 6.21. The maximum atomic E-state index is 10.8. The summed E-state index contributed by atoms with van der Waals surface area (Å²) in [5.74, 6) is -0.177. The fraction of sp³-hybridized carbons (Fsp3) is 0.375. The van der Waals surface area contributed by atoms with Crippen molar-refractivity contribution < 1.29 is 14.6 Å². The van der Waals surface area contributed by atoms with Crippen LogP contribution in [0.2, 0.25) is 0 Å². The lowest BCUT2D eigenvalue weighted by molar-refractivity contribution is 0.0691. The van der Waals surface area contributed by atoms with Crippen LogP contribution in [0.3, 0.4) is 0 Å². The first-order valence-electron chi connectivity index (χ1n) is 7.37. The van der Waals surface area contributed by atoms with Crippen molar-refractivity contribution in [2.75, 3.05) is 11.9 Å². The third-order valence-corrected chi connectivity index (χ3v) is 3.85. The van der Waals surface area contributed by atoms with Crippen molar-refractivity contribution in [2.24, 2.45) is 0 Å². The molecule has 1 aromatic heterocycles. The van der Waals surface area contributed by atoms with Gasteiger partial charge in [-0.1, -0.05) is 26.2 Å². The summed E-state index contributed by atoms with van der Waals surface area (Å²) in [7, 11) is 0. The minimum absolute atomic E-state index is 0.0551. The van der Waals surface area contributed by atoms with E-state index in [9.17, 15) is 4.79 Å². The van der Waals surface area contributed by atoms with E-state index in [0.29, 0.717) is 5.13 Å². The van der Waals surface area contributed by atoms with Crippen LogP contribution in [0.25, 0.3) is 0 Å². The zero-order valence-corrected chi connectivity index (χ0v) is 13.4. The topological polar surface area (TPSA) is 71.5 Å². The van der Waals surface area contributed by atoms with Gasteiger partial charge >= 0.3 is 5.97 Å². The van der Waals surface area contributed by atoms with Crippen LogP contribution in [0, 0.1) is 0 Å². The minimum atomic E-state index is -1.02. The summed E-state index contributed by atoms with van der Waals surface area (Å²) in [5.41, 5.74) is 0.907. The number of carboxylic acid groups (broad SMARTS) is 1. The van der Waals surface area contributed by atoms with Crippen molar-refractivity contribution in [2.45, 2.75) is 32.6 Å². The normalized spacial score (nSPS) is 10.4. The lowest BCUT2D eigenvalue weighted by Gasteiger charge is -2.07. The quantitative estimate of drug-likeness (QED) is 0.663. The first kappa shape index (κ1) is 16.3. The van der Waals surface area contributed by atoms with E-state index >= 15 is 0 Å². The highest BCUT2D eigenvalue weighted by Gasteiger charge is 2.08. The highest BCUT2D eigenvalue weighted by molar-refractivity contribution is 7.14. The molecule has 0 aliphatic heterocycles. The van der Waals surface area contributed by atoms with Crippen molar-refractivity contribution in [3.63, 3.8) is 0 Å². The molecular formula is C16H20N2O3S. The third-order valence-electron chi connectivity index (χ3n) is 3.10. The highest BCUT2D eigenvalue weighted by atomic mass is 32.1. The Morgan fingerprint density at radius 3 is 2.68 bits per heavy atom. The number of thiazole rings is 1. The molecule has 2 rings (SSSR count). The molecule has 118 valence electrons. The molecule has 0 unspecified atom stereocenters. The summed E-state index contributed by atoms with van der Waals surface area (Å²) in [6.45, 7) is 2.93. The number of hydrogen-bond acceptors (Lipinski definition) is 5. The van der Waals surface area contributed by atoms with E-state index in [1.807, 2.05) is 24.3 Å². The zero-order chi connectivity index (χ0) is 15.8. The second-order valence-corrected chi connectivity index (χ2v) is 5.76. The van der Waals surface area contributed by atoms with Gasteiger partial charge in [0.05, 0.1) is 6.61 Å². The van der Waals surface area contributed by atoms with Gasteiger partial charge < -0.3 is 15.2 Å². The molecule has 0 atom stereocenters. The average Bonchev–Trinajstić information content (AvgIpc) is 2.97. The number of hydrogen-bond donors (Lipinski definition) is 2. The second kappa shape index (κ2) is 8.38. The Labute approximate surface area is 134 Å². The van der Waals surface area contributed by atoms with E-state index in [4.69, 9.17) is 9.84 Å². The van der Waals surface area contributed by atoms with E-state index in [-0.39, 0.29) is 5.69 Å². The van der Waals surface area contributed by atoms with Gasteiger partial charge in [0.25, 0.3) is 0 Å². The molecule has 0 bridgehead atoms. The van der Waals surface area contributed by atoms with Gasteiger partial charge in [0.1, 0.15) is 5.75 Å². The highest BCUT2D eigenvalue weighted by Crippen LogP contribution is 2.23. The van der Waals surface area contributed by atoms with Gasteiger partial charge in [0.15, 0.2) is 10.8 Å². The Bertz CT molecular complexity index is 596. The molecule has 5 nitrogen and oxygen atoms in total. The van der Waals surface area contributed by atoms with Gasteiger partial charge in [0, 0.05) is 11.1 Å². The van der Waals surface area contributed by atoms with E-state index < -0.39 is 5.97 Å². The van der Waals surface area contributed by atoms with Gasteiger partial charge in [-0.05, 0) is 30.7 Å². The van der Waals surface area contributed by atoms with Crippen molar-refractivity contribution in [1.82, 2.24) is 4.98 Å². The molecule has 0 aliphatic rings. The van der Waals surface area contributed by atoms with Gasteiger partial charge in [0.2, 0.25) is 0 Å². The van der Waals surface area contributed by atoms with Gasteiger partial charge in [-0.25, -0.2) is 9.78 Å². The molecule has 0 aliphatic carbocycles. The van der Waals surface area contributed by atoms with Crippen LogP contribution < -0.4 is 10.1 Å². The predicted octanol–water partition coefficient (Wildman–Crippen LogP) is 4.54. The van der Waals surface area contributed by atoms with Gasteiger partial charge in [-0.3, -0.25) is 0 Å². The van der Waals surface area contributed by atoms with Gasteiger partial charge in [-0.2, -0.15) is 0 Å². The molecule has 6 heteroatoms. The summed E-state index contributed by atoms with van der Waals surface area (Å²) in [4.78, 5) is 14.8. The first-order chi connectivity index (χ1) is 10.7. The Morgan fingerprint density at radius 1 is 1.27 bits per heavy atom. The van der Waals surface area contributed by atoms with E-state index in [2.05, 4.69) is 17.2 Å². The van der Waals surface area contributed by atoms with Crippen LogP contribution in [0.5, 0.6) is 5.75 Å². The van der Waals surface area contributed by atoms with Gasteiger partial charge in [-0.15, -0.1) is 11.3 Å². The molecule has 0 fully saturated rings. The Hall–Kier alpha value is -2.08. The number of nitrogens with zero attached hydrogens (tertiary/aromatic N) is 1. The first-order valence-corrected chi connectivity index (χ1v) is 8.25. The lowest BCUT2D eigenvalue weighted by Crippen LogP contribution is -1.98. The van der Waals surface area contributed by atoms with Crippen LogP contribution in [0.4, 0.5) is 10.8 Å². The summed E-state index contributed by atoms with van der Waals surface area (Å²) in [6.07, 6.45) is 4.75. The van der Waals surface area contributed by atoms with Crippen molar-refractivity contribution in [3.8, 4) is 5.75 Å². The monoisotopic (exact) mass is 320 g/mol. The molecule has 0 spiro atoms. The van der Waals surface area contributed by atoms with Crippen molar-refractivity contribution in [1.29, 1.82) is 0 Å². The van der Waals surface area contributed by atoms with Crippen LogP contribution in [0.15, 0.2) is 29.6 Å². The number of carbonyl (C=O) groups is 1. The van der Waals surface area contributed by atoms with E-state index in [1.54, 1.807) is 0 Å². The third kappa shape index (κ3) is 5.04. The summed E-state index contributed by atoms with van der Waals surface area (Å²) in [6, 6.07) is 7.58. The molecule has 0 radical (unpaired) electrons. The number of unbranched alkanes of at least 4 members (excludes halogenated alkanes) is 3. The Morgan fingerprint density at radius 2 is 2.05 bits per heavy atom. The molecule has 1 heterocycles. The van der Waals surface area contributed by atoms with Crippen molar-refractivity contribution >= 4 is 28.1 Å². The zero-order valence-electron chi connectivity index (χ0n) is 12.5. The number of nitrogens with one attached hydrogen (secondary N) is 1. The van der Waals surface area contributed by atoms with Crippen LogP contribution in [-0.4, -0.2) is 22.7 Å². The standard InChI is InChI=1S/C16H20N2O3S/c1-2-3-4-5-10-21-13-8-6-12(7-9-13)17-16-18-14(11-22-16)15(19)20/h6-9,11H,2-5,10H2,1H3,(H,17,18)(H,19,20). The maximum Gasteiger partial charge on any atom is 0.355 e. The fourth-order valence-corrected chi connectivity index (χ4v) is 2.61. The number of anilines is 2.